The van der Waals surface area contributed by atoms with Crippen LogP contribution in [0.5, 0.6) is 0 Å². The number of rotatable bonds is 17. The molecule has 2 N–H and O–H groups in total. The van der Waals surface area contributed by atoms with E-state index >= 15 is 0 Å². The molecule has 57 heavy (non-hydrogen) atoms. The topological polar surface area (TPSA) is 139 Å². The van der Waals surface area contributed by atoms with Crippen LogP contribution in [0.2, 0.25) is 0 Å². The molecule has 302 valence electrons. The van der Waals surface area contributed by atoms with Crippen LogP contribution in [0.15, 0.2) is 59.7 Å². The molecule has 13 nitrogen and oxygen atoms in total. The Labute approximate surface area is 330 Å². The van der Waals surface area contributed by atoms with Crippen molar-refractivity contribution >= 4 is 40.2 Å². The van der Waals surface area contributed by atoms with E-state index in [1.165, 1.54) is 16.8 Å². The summed E-state index contributed by atoms with van der Waals surface area (Å²) in [6.07, 6.45) is 13.5. The smallest absolute Gasteiger partial charge is 0.329 e. The predicted octanol–water partition coefficient (Wildman–Crippen LogP) is 5.62. The zero-order chi connectivity index (χ0) is 40.1. The van der Waals surface area contributed by atoms with E-state index in [0.29, 0.717) is 54.0 Å². The van der Waals surface area contributed by atoms with Crippen molar-refractivity contribution in [2.24, 2.45) is 7.05 Å². The molecule has 2 atom stereocenters. The van der Waals surface area contributed by atoms with Gasteiger partial charge in [-0.3, -0.25) is 28.8 Å². The Kier molecular flexibility index (Phi) is 12.4. The number of imidazole rings is 1. The van der Waals surface area contributed by atoms with Gasteiger partial charge >= 0.3 is 5.69 Å². The summed E-state index contributed by atoms with van der Waals surface area (Å²) in [5.74, 6) is -1.29. The summed E-state index contributed by atoms with van der Waals surface area (Å²) < 4.78 is 33.3. The molecule has 0 spiro atoms. The van der Waals surface area contributed by atoms with Gasteiger partial charge in [-0.15, -0.1) is 0 Å². The Morgan fingerprint density at radius 1 is 0.930 bits per heavy atom. The number of aryl methyl sites for hydroxylation is 2. The summed E-state index contributed by atoms with van der Waals surface area (Å²) in [5, 5.41) is 9.67. The maximum absolute atomic E-state index is 14.6. The lowest BCUT2D eigenvalue weighted by Crippen LogP contribution is -2.44. The quantitative estimate of drug-likeness (QED) is 0.0917. The van der Waals surface area contributed by atoms with Crippen LogP contribution >= 0.6 is 0 Å². The highest BCUT2D eigenvalue weighted by Gasteiger charge is 2.32. The summed E-state index contributed by atoms with van der Waals surface area (Å²) >= 11 is 0. The molecule has 2 fully saturated rings. The number of nitrogens with one attached hydrogen (secondary N) is 2. The fourth-order valence-corrected chi connectivity index (χ4v) is 8.28. The maximum atomic E-state index is 14.6. The third-order valence-electron chi connectivity index (χ3n) is 11.4. The third-order valence-corrected chi connectivity index (χ3v) is 11.4. The molecule has 15 heteroatoms. The second kappa shape index (κ2) is 17.8. The third kappa shape index (κ3) is 8.93. The molecule has 0 aliphatic carbocycles. The normalized spacial score (nSPS) is 17.3. The summed E-state index contributed by atoms with van der Waals surface area (Å²) in [4.78, 5) is 59.3. The molecular weight excluding hydrogens is 733 g/mol. The van der Waals surface area contributed by atoms with E-state index in [1.807, 2.05) is 23.1 Å². The molecule has 2 aliphatic rings. The van der Waals surface area contributed by atoms with Crippen molar-refractivity contribution in [2.45, 2.75) is 89.1 Å². The van der Waals surface area contributed by atoms with E-state index < -0.39 is 23.6 Å². The van der Waals surface area contributed by atoms with Gasteiger partial charge in [-0.2, -0.15) is 5.10 Å². The fourth-order valence-electron chi connectivity index (χ4n) is 8.28. The zero-order valence-electron chi connectivity index (χ0n) is 32.7. The number of hydrogen-bond acceptors (Lipinski definition) is 8. The van der Waals surface area contributed by atoms with Crippen molar-refractivity contribution < 1.29 is 23.2 Å². The number of carbonyl (C=O) groups excluding carboxylic acids is 3. The molecule has 7 rings (SSSR count). The van der Waals surface area contributed by atoms with Gasteiger partial charge in [0.25, 0.3) is 5.91 Å². The number of hydrogen-bond donors (Lipinski definition) is 2. The molecule has 2 aromatic carbocycles. The first-order valence-electron chi connectivity index (χ1n) is 20.2. The zero-order valence-corrected chi connectivity index (χ0v) is 32.7. The summed E-state index contributed by atoms with van der Waals surface area (Å²) in [6.45, 7) is 3.19. The van der Waals surface area contributed by atoms with E-state index in [2.05, 4.69) is 27.7 Å². The SMILES string of the molecule is CN(CCCCCCCCNC(=O)c1cnn2ccc(N3CCCC3c3cc(F)ccc3F)nc12)CCCc1ccc2c(c1)n(C)c(=O)n2C1CCC(=O)NC1=O. The Bertz CT molecular complexity index is 2320. The monoisotopic (exact) mass is 783 g/mol. The van der Waals surface area contributed by atoms with Gasteiger partial charge in [0, 0.05) is 38.3 Å². The number of aromatic nitrogens is 5. The van der Waals surface area contributed by atoms with Crippen molar-refractivity contribution in [2.75, 3.05) is 38.1 Å². The first-order chi connectivity index (χ1) is 27.6. The highest BCUT2D eigenvalue weighted by molar-refractivity contribution is 6.00. The Morgan fingerprint density at radius 2 is 1.72 bits per heavy atom. The molecule has 2 unspecified atom stereocenters. The second-order valence-corrected chi connectivity index (χ2v) is 15.4. The molecule has 5 heterocycles. The first-order valence-corrected chi connectivity index (χ1v) is 20.2. The van der Waals surface area contributed by atoms with Crippen LogP contribution in [-0.4, -0.2) is 79.6 Å². The van der Waals surface area contributed by atoms with Crippen molar-refractivity contribution in [3.05, 3.63) is 93.7 Å². The molecule has 0 bridgehead atoms. The Hall–Kier alpha value is -5.44. The number of imide groups is 1. The minimum Gasteiger partial charge on any atom is -0.352 e. The van der Waals surface area contributed by atoms with Crippen LogP contribution in [-0.2, 0) is 23.1 Å². The van der Waals surface area contributed by atoms with Gasteiger partial charge in [-0.05, 0) is 107 Å². The highest BCUT2D eigenvalue weighted by Crippen LogP contribution is 2.37. The molecule has 3 aromatic heterocycles. The standard InChI is InChI=1S/C42H51F2N9O4/c1-49(22-9-11-28-13-16-34-36(25-28)50(2)42(57)53(34)35-17-18-38(54)48-41(35)56)21-8-6-4-3-5-7-20-45-40(55)31-27-46-52-24-19-37(47-39(31)52)51-23-10-12-33(51)30-26-29(43)14-15-32(30)44/h13-16,19,24-27,33,35H,3-12,17-18,20-23H2,1-2H3,(H,45,55)(H,48,54,56). The number of fused-ring (bicyclic) bond motifs is 2. The lowest BCUT2D eigenvalue weighted by Gasteiger charge is -2.26. The van der Waals surface area contributed by atoms with Gasteiger partial charge in [-0.1, -0.05) is 31.7 Å². The van der Waals surface area contributed by atoms with E-state index in [0.717, 1.165) is 94.1 Å². The number of nitrogens with zero attached hydrogens (tertiary/aromatic N) is 7. The summed E-state index contributed by atoms with van der Waals surface area (Å²) in [5.41, 5.74) is 3.49. The van der Waals surface area contributed by atoms with Gasteiger partial charge in [0.1, 0.15) is 29.1 Å². The number of anilines is 1. The van der Waals surface area contributed by atoms with Crippen LogP contribution in [0, 0.1) is 11.6 Å². The average Bonchev–Trinajstić information content (AvgIpc) is 3.92. The second-order valence-electron chi connectivity index (χ2n) is 15.4. The molecule has 3 amide bonds. The van der Waals surface area contributed by atoms with E-state index in [9.17, 15) is 28.0 Å². The minimum atomic E-state index is -0.683. The molecule has 2 saturated heterocycles. The first kappa shape index (κ1) is 39.8. The van der Waals surface area contributed by atoms with Gasteiger partial charge in [0.15, 0.2) is 5.65 Å². The van der Waals surface area contributed by atoms with Crippen LogP contribution in [0.4, 0.5) is 14.6 Å². The Balaban J connectivity index is 0.786. The van der Waals surface area contributed by atoms with Crippen molar-refractivity contribution in [1.82, 2.24) is 39.3 Å². The number of amides is 3. The van der Waals surface area contributed by atoms with Gasteiger partial charge in [0.2, 0.25) is 11.8 Å². The van der Waals surface area contributed by atoms with E-state index in [4.69, 9.17) is 4.98 Å². The van der Waals surface area contributed by atoms with E-state index in [1.54, 1.807) is 28.4 Å². The van der Waals surface area contributed by atoms with Crippen LogP contribution < -0.4 is 21.2 Å². The summed E-state index contributed by atoms with van der Waals surface area (Å²) in [6, 6.07) is 10.3. The maximum Gasteiger partial charge on any atom is 0.329 e. The molecule has 2 aliphatic heterocycles. The molecule has 0 saturated carbocycles. The number of piperidine rings is 1. The van der Waals surface area contributed by atoms with Crippen LogP contribution in [0.25, 0.3) is 16.7 Å². The number of halogens is 2. The molecule has 0 radical (unpaired) electrons. The average molecular weight is 784 g/mol. The van der Waals surface area contributed by atoms with Crippen molar-refractivity contribution in [3.8, 4) is 0 Å². The van der Waals surface area contributed by atoms with Crippen LogP contribution in [0.1, 0.15) is 104 Å². The van der Waals surface area contributed by atoms with Gasteiger partial charge in [-0.25, -0.2) is 23.1 Å². The van der Waals surface area contributed by atoms with Gasteiger partial charge < -0.3 is 15.1 Å². The highest BCUT2D eigenvalue weighted by atomic mass is 19.1. The van der Waals surface area contributed by atoms with Crippen LogP contribution in [0.3, 0.4) is 0 Å². The minimum absolute atomic E-state index is 0.217. The lowest BCUT2D eigenvalue weighted by molar-refractivity contribution is -0.135. The van der Waals surface area contributed by atoms with Crippen molar-refractivity contribution in [1.29, 1.82) is 0 Å². The molecule has 5 aromatic rings. The number of carbonyl (C=O) groups is 3. The van der Waals surface area contributed by atoms with E-state index in [-0.39, 0.29) is 30.0 Å². The lowest BCUT2D eigenvalue weighted by atomic mass is 10.0. The fraction of sp³-hybridized carbons (Fsp3) is 0.476. The number of benzene rings is 2. The summed E-state index contributed by atoms with van der Waals surface area (Å²) in [7, 11) is 3.86. The largest absolute Gasteiger partial charge is 0.352 e. The van der Waals surface area contributed by atoms with Crippen molar-refractivity contribution in [3.63, 3.8) is 0 Å². The molecular formula is C42H51F2N9O4. The number of unbranched alkanes of at least 4 members (excludes halogenated alkanes) is 5. The Morgan fingerprint density at radius 3 is 2.54 bits per heavy atom. The predicted molar refractivity (Wildman–Crippen MR) is 213 cm³/mol. The van der Waals surface area contributed by atoms with Gasteiger partial charge in [0.05, 0.1) is 23.3 Å².